The van der Waals surface area contributed by atoms with Gasteiger partial charge < -0.3 is 44.3 Å². The molecule has 2 amide bonds. The monoisotopic (exact) mass is 869 g/mol. The predicted molar refractivity (Wildman–Crippen MR) is 259 cm³/mol. The zero-order chi connectivity index (χ0) is 44.6. The van der Waals surface area contributed by atoms with E-state index in [0.717, 1.165) is 48.5 Å². The molecule has 0 aliphatic carbocycles. The molecule has 0 radical (unpaired) electrons. The largest absolute Gasteiger partial charge is 0.493 e. The van der Waals surface area contributed by atoms with E-state index in [0.29, 0.717) is 83.7 Å². The highest BCUT2D eigenvalue weighted by Gasteiger charge is 2.35. The van der Waals surface area contributed by atoms with E-state index in [2.05, 4.69) is 41.1 Å². The van der Waals surface area contributed by atoms with Crippen molar-refractivity contribution in [3.05, 3.63) is 107 Å². The first-order chi connectivity index (χ1) is 30.8. The number of methoxy groups -OCH3 is 2. The van der Waals surface area contributed by atoms with Gasteiger partial charge in [-0.1, -0.05) is 59.4 Å². The average molecular weight is 870 g/mol. The Balaban J connectivity index is 0.00000132. The van der Waals surface area contributed by atoms with Crippen LogP contribution in [0.4, 0.5) is 22.7 Å². The summed E-state index contributed by atoms with van der Waals surface area (Å²) >= 11 is 0. The number of hydrogen-bond acceptors (Lipinski definition) is 11. The molecule has 13 nitrogen and oxygen atoms in total. The Kier molecular flexibility index (Phi) is 15.5. The van der Waals surface area contributed by atoms with Crippen LogP contribution in [0.25, 0.3) is 11.1 Å². The number of nitrogens with two attached hydrogens (primary N) is 1. The quantitative estimate of drug-likeness (QED) is 0.116. The number of benzene rings is 4. The van der Waals surface area contributed by atoms with Crippen LogP contribution < -0.4 is 29.6 Å². The van der Waals surface area contributed by atoms with Gasteiger partial charge in [0.25, 0.3) is 11.8 Å². The first-order valence-electron chi connectivity index (χ1n) is 22.0. The van der Waals surface area contributed by atoms with E-state index in [9.17, 15) is 9.59 Å². The van der Waals surface area contributed by atoms with Crippen molar-refractivity contribution in [2.75, 3.05) is 71.3 Å². The molecule has 2 atom stereocenters. The van der Waals surface area contributed by atoms with Gasteiger partial charge in [0.15, 0.2) is 23.0 Å². The summed E-state index contributed by atoms with van der Waals surface area (Å²) in [7, 11) is 5.26. The van der Waals surface area contributed by atoms with Crippen molar-refractivity contribution >= 4 is 58.1 Å². The van der Waals surface area contributed by atoms with Crippen molar-refractivity contribution in [3.63, 3.8) is 0 Å². The summed E-state index contributed by atoms with van der Waals surface area (Å²) in [5.74, 6) is 1.55. The maximum absolute atomic E-state index is 13.9. The van der Waals surface area contributed by atoms with Crippen LogP contribution in [0.1, 0.15) is 86.2 Å². The lowest BCUT2D eigenvalue weighted by molar-refractivity contribution is 0.0809. The standard InChI is InChI=1S/C46H47N7O6.2C2H6.CH4/c1-50-13-15-51(16-14-50)34-11-7-30(8-12-34)32-20-36-26-49-40-24-44(42(57-3)22-38(40)46(55)53(36)28-32)59-18-4-17-58-43-23-39-37(21-41(43)56-2)45(54)52-27-31(19-35(52)25-48-39)29-5-9-33(47)10-6-29;2*1-2;/h5-12,21-28,35-36H,4,13-20,47H2,1-3H3;2*1-2H3;1H4. The summed E-state index contributed by atoms with van der Waals surface area (Å²) in [5.41, 5.74) is 14.0. The lowest BCUT2D eigenvalue weighted by Crippen LogP contribution is -2.44. The Morgan fingerprint density at radius 3 is 1.50 bits per heavy atom. The average Bonchev–Trinajstić information content (AvgIpc) is 3.90. The molecule has 4 aromatic rings. The van der Waals surface area contributed by atoms with Crippen LogP contribution in [0, 0.1) is 0 Å². The highest BCUT2D eigenvalue weighted by Crippen LogP contribution is 2.42. The number of carbonyl (C=O) groups is 2. The lowest BCUT2D eigenvalue weighted by Gasteiger charge is -2.34. The highest BCUT2D eigenvalue weighted by atomic mass is 16.5. The molecule has 0 spiro atoms. The van der Waals surface area contributed by atoms with Crippen molar-refractivity contribution in [2.45, 2.75) is 66.5 Å². The smallest absolute Gasteiger partial charge is 0.260 e. The first kappa shape index (κ1) is 46.9. The number of anilines is 2. The maximum atomic E-state index is 13.9. The first-order valence-corrected chi connectivity index (χ1v) is 22.0. The van der Waals surface area contributed by atoms with Crippen LogP contribution in [0.5, 0.6) is 23.0 Å². The van der Waals surface area contributed by atoms with Crippen molar-refractivity contribution in [1.29, 1.82) is 0 Å². The summed E-state index contributed by atoms with van der Waals surface area (Å²) in [5, 5.41) is 0. The van der Waals surface area contributed by atoms with Crippen molar-refractivity contribution in [2.24, 2.45) is 9.98 Å². The number of carbonyl (C=O) groups excluding carboxylic acids is 2. The summed E-state index contributed by atoms with van der Waals surface area (Å²) in [6.45, 7) is 12.8. The van der Waals surface area contributed by atoms with E-state index in [1.807, 2.05) is 76.8 Å². The molecule has 1 saturated heterocycles. The summed E-state index contributed by atoms with van der Waals surface area (Å²) in [6.07, 6.45) is 9.36. The number of hydrogen-bond donors (Lipinski definition) is 1. The fraction of sp³-hybridized carbons (Fsp3) is 0.373. The van der Waals surface area contributed by atoms with Crippen LogP contribution in [-0.4, -0.2) is 112 Å². The van der Waals surface area contributed by atoms with Crippen LogP contribution in [-0.2, 0) is 0 Å². The molecule has 2 unspecified atom stereocenters. The summed E-state index contributed by atoms with van der Waals surface area (Å²) in [6, 6.07) is 22.8. The number of fused-ring (bicyclic) bond motifs is 4. The van der Waals surface area contributed by atoms with Gasteiger partial charge in [0.05, 0.1) is 62.0 Å². The van der Waals surface area contributed by atoms with Gasteiger partial charge >= 0.3 is 0 Å². The van der Waals surface area contributed by atoms with Crippen molar-refractivity contribution in [3.8, 4) is 23.0 Å². The molecule has 4 aromatic carbocycles. The topological polar surface area (TPSA) is 135 Å². The molecular formula is C51H63N7O6. The minimum Gasteiger partial charge on any atom is -0.493 e. The van der Waals surface area contributed by atoms with Gasteiger partial charge in [-0.2, -0.15) is 0 Å². The number of nitrogen functional groups attached to an aromatic ring is 1. The van der Waals surface area contributed by atoms with Crippen molar-refractivity contribution in [1.82, 2.24) is 14.7 Å². The SMILES string of the molecule is C.CC.CC.COc1cc2c(cc1OCCCOc1cc3c(cc1OC)C(=O)N1C=C(c4ccc(N5CCN(C)CC5)cc4)CC1C=N3)N=CC1CC(c3ccc(N)cc3)=CN1C2=O. The molecule has 0 bridgehead atoms. The molecule has 338 valence electrons. The van der Waals surface area contributed by atoms with Gasteiger partial charge in [-0.15, -0.1) is 0 Å². The summed E-state index contributed by atoms with van der Waals surface area (Å²) < 4.78 is 23.6. The third-order valence-electron chi connectivity index (χ3n) is 11.6. The molecule has 64 heavy (non-hydrogen) atoms. The van der Waals surface area contributed by atoms with Crippen LogP contribution in [0.2, 0.25) is 0 Å². The third-order valence-corrected chi connectivity index (χ3v) is 11.6. The third kappa shape index (κ3) is 9.79. The Labute approximate surface area is 378 Å². The molecule has 5 aliphatic heterocycles. The molecule has 9 rings (SSSR count). The molecule has 5 heterocycles. The number of likely N-dealkylation sites (N-methyl/N-ethyl adjacent to an activating group) is 1. The van der Waals surface area contributed by atoms with Crippen LogP contribution >= 0.6 is 0 Å². The second-order valence-corrected chi connectivity index (χ2v) is 15.4. The second-order valence-electron chi connectivity index (χ2n) is 15.4. The van der Waals surface area contributed by atoms with Gasteiger partial charge in [-0.25, -0.2) is 0 Å². The van der Waals surface area contributed by atoms with Gasteiger partial charge in [-0.05, 0) is 65.7 Å². The van der Waals surface area contributed by atoms with E-state index in [4.69, 9.17) is 34.7 Å². The lowest BCUT2D eigenvalue weighted by atomic mass is 10.0. The minimum atomic E-state index is -0.202. The molecule has 0 aromatic heterocycles. The van der Waals surface area contributed by atoms with E-state index in [1.165, 1.54) is 5.69 Å². The number of piperazine rings is 1. The normalized spacial score (nSPS) is 18.3. The van der Waals surface area contributed by atoms with E-state index in [-0.39, 0.29) is 31.3 Å². The molecule has 2 N–H and O–H groups in total. The molecule has 13 heteroatoms. The van der Waals surface area contributed by atoms with E-state index >= 15 is 0 Å². The molecule has 1 fully saturated rings. The number of ether oxygens (including phenoxy) is 4. The molecule has 0 saturated carbocycles. The van der Waals surface area contributed by atoms with E-state index < -0.39 is 0 Å². The van der Waals surface area contributed by atoms with Crippen LogP contribution in [0.15, 0.2) is 95.2 Å². The predicted octanol–water partition coefficient (Wildman–Crippen LogP) is 9.52. The summed E-state index contributed by atoms with van der Waals surface area (Å²) in [4.78, 5) is 45.4. The number of nitrogens with zero attached hydrogens (tertiary/aromatic N) is 6. The highest BCUT2D eigenvalue weighted by molar-refractivity contribution is 6.06. The Bertz CT molecular complexity index is 2400. The maximum Gasteiger partial charge on any atom is 0.260 e. The fourth-order valence-corrected chi connectivity index (χ4v) is 8.21. The number of aliphatic imine (C=N–C) groups is 2. The second kappa shape index (κ2) is 21.2. The molecular weight excluding hydrogens is 807 g/mol. The van der Waals surface area contributed by atoms with Gasteiger partial charge in [-0.3, -0.25) is 19.6 Å². The minimum absolute atomic E-state index is 0. The van der Waals surface area contributed by atoms with Crippen LogP contribution in [0.3, 0.4) is 0 Å². The zero-order valence-electron chi connectivity index (χ0n) is 37.5. The zero-order valence-corrected chi connectivity index (χ0v) is 37.5. The van der Waals surface area contributed by atoms with Gasteiger partial charge in [0.2, 0.25) is 0 Å². The number of rotatable bonds is 11. The van der Waals surface area contributed by atoms with Gasteiger partial charge in [0.1, 0.15) is 0 Å². The molecule has 5 aliphatic rings. The Morgan fingerprint density at radius 2 is 1.06 bits per heavy atom. The fourth-order valence-electron chi connectivity index (χ4n) is 8.21. The van der Waals surface area contributed by atoms with E-state index in [1.54, 1.807) is 48.3 Å². The van der Waals surface area contributed by atoms with Crippen molar-refractivity contribution < 1.29 is 28.5 Å². The Morgan fingerprint density at radius 1 is 0.625 bits per heavy atom. The van der Waals surface area contributed by atoms with Gasteiger partial charge in [0, 0.05) is 93.8 Å². The number of amides is 2. The Hall–Kier alpha value is -6.60.